The molecule has 0 radical (unpaired) electrons. The van der Waals surface area contributed by atoms with E-state index in [1.165, 1.54) is 6.07 Å². The van der Waals surface area contributed by atoms with Crippen LogP contribution in [-0.2, 0) is 13.1 Å². The molecule has 0 atom stereocenters. The van der Waals surface area contributed by atoms with Gasteiger partial charge in [-0.15, -0.1) is 0 Å². The van der Waals surface area contributed by atoms with Gasteiger partial charge < -0.3 is 5.32 Å². The van der Waals surface area contributed by atoms with Crippen molar-refractivity contribution in [2.75, 3.05) is 0 Å². The van der Waals surface area contributed by atoms with Gasteiger partial charge in [0, 0.05) is 34.9 Å². The Morgan fingerprint density at radius 3 is 2.75 bits per heavy atom. The molecule has 1 aromatic carbocycles. The molecule has 1 aromatic heterocycles. The highest BCUT2D eigenvalue weighted by Gasteiger charge is 2.08. The molecule has 0 saturated heterocycles. The van der Waals surface area contributed by atoms with Crippen LogP contribution in [0.5, 0.6) is 0 Å². The van der Waals surface area contributed by atoms with Crippen molar-refractivity contribution in [3.63, 3.8) is 0 Å². The largest absolute Gasteiger partial charge is 0.310 e. The van der Waals surface area contributed by atoms with Crippen LogP contribution in [0.25, 0.3) is 0 Å². The summed E-state index contributed by atoms with van der Waals surface area (Å²) in [5, 5.41) is 8.19. The van der Waals surface area contributed by atoms with E-state index < -0.39 is 0 Å². The highest BCUT2D eigenvalue weighted by molar-refractivity contribution is 6.30. The van der Waals surface area contributed by atoms with E-state index in [0.29, 0.717) is 23.2 Å². The van der Waals surface area contributed by atoms with Crippen molar-refractivity contribution in [3.8, 4) is 0 Å². The lowest BCUT2D eigenvalue weighted by molar-refractivity contribution is 0.581. The zero-order valence-corrected chi connectivity index (χ0v) is 12.7. The van der Waals surface area contributed by atoms with Gasteiger partial charge in [-0.3, -0.25) is 4.68 Å². The van der Waals surface area contributed by atoms with Crippen molar-refractivity contribution >= 4 is 11.6 Å². The molecule has 2 aromatic rings. The minimum Gasteiger partial charge on any atom is -0.310 e. The molecule has 0 unspecified atom stereocenters. The molecule has 3 nitrogen and oxygen atoms in total. The first kappa shape index (κ1) is 15.0. The number of rotatable bonds is 5. The third-order valence-corrected chi connectivity index (χ3v) is 3.33. The van der Waals surface area contributed by atoms with E-state index in [1.807, 2.05) is 13.1 Å². The van der Waals surface area contributed by atoms with E-state index in [0.717, 1.165) is 17.8 Å². The molecule has 1 N–H and O–H groups in total. The van der Waals surface area contributed by atoms with Crippen LogP contribution in [0.3, 0.4) is 0 Å². The second-order valence-electron chi connectivity index (χ2n) is 5.21. The van der Waals surface area contributed by atoms with Crippen LogP contribution in [0.1, 0.15) is 30.7 Å². The van der Waals surface area contributed by atoms with Crippen LogP contribution in [0, 0.1) is 12.7 Å². The molecular weight excluding hydrogens is 277 g/mol. The third kappa shape index (κ3) is 3.81. The predicted octanol–water partition coefficient (Wildman–Crippen LogP) is 3.53. The van der Waals surface area contributed by atoms with Crippen LogP contribution in [0.15, 0.2) is 24.4 Å². The molecule has 0 saturated carbocycles. The minimum absolute atomic E-state index is 0.299. The summed E-state index contributed by atoms with van der Waals surface area (Å²) < 4.78 is 15.5. The minimum atomic E-state index is -0.299. The normalized spacial score (nSPS) is 11.3. The lowest BCUT2D eigenvalue weighted by Gasteiger charge is -2.06. The molecule has 20 heavy (non-hydrogen) atoms. The number of nitrogens with one attached hydrogen (secondary N) is 1. The fourth-order valence-electron chi connectivity index (χ4n) is 1.95. The average molecular weight is 296 g/mol. The molecule has 1 heterocycles. The maximum atomic E-state index is 13.8. The molecule has 0 aliphatic rings. The summed E-state index contributed by atoms with van der Waals surface area (Å²) in [4.78, 5) is 0. The fraction of sp³-hybridized carbons (Fsp3) is 0.400. The molecular formula is C15H19ClFN3. The fourth-order valence-corrected chi connectivity index (χ4v) is 2.11. The second-order valence-corrected chi connectivity index (χ2v) is 5.65. The maximum Gasteiger partial charge on any atom is 0.129 e. The number of benzene rings is 1. The predicted molar refractivity (Wildman–Crippen MR) is 79.5 cm³/mol. The van der Waals surface area contributed by atoms with Crippen molar-refractivity contribution < 1.29 is 4.39 Å². The number of hydrogen-bond acceptors (Lipinski definition) is 2. The first-order valence-electron chi connectivity index (χ1n) is 6.66. The Hall–Kier alpha value is -1.39. The molecule has 0 bridgehead atoms. The number of halogens is 2. The zero-order valence-electron chi connectivity index (χ0n) is 12.0. The number of aromatic nitrogens is 2. The van der Waals surface area contributed by atoms with Crippen molar-refractivity contribution in [1.82, 2.24) is 15.1 Å². The Bertz CT molecular complexity index is 593. The van der Waals surface area contributed by atoms with Gasteiger partial charge in [-0.25, -0.2) is 4.39 Å². The summed E-state index contributed by atoms with van der Waals surface area (Å²) in [5.41, 5.74) is 2.68. The molecule has 0 aliphatic carbocycles. The van der Waals surface area contributed by atoms with Crippen molar-refractivity contribution in [1.29, 1.82) is 0 Å². The Labute approximate surface area is 123 Å². The van der Waals surface area contributed by atoms with E-state index in [1.54, 1.807) is 16.8 Å². The third-order valence-electron chi connectivity index (χ3n) is 3.10. The Morgan fingerprint density at radius 1 is 1.35 bits per heavy atom. The molecule has 0 aliphatic heterocycles. The Kier molecular flexibility index (Phi) is 4.78. The Morgan fingerprint density at radius 2 is 2.10 bits per heavy atom. The lowest BCUT2D eigenvalue weighted by Crippen LogP contribution is -2.21. The summed E-state index contributed by atoms with van der Waals surface area (Å²) in [5.74, 6) is -0.299. The molecule has 0 fully saturated rings. The van der Waals surface area contributed by atoms with Crippen LogP contribution in [-0.4, -0.2) is 15.8 Å². The van der Waals surface area contributed by atoms with Gasteiger partial charge in [0.1, 0.15) is 5.82 Å². The summed E-state index contributed by atoms with van der Waals surface area (Å²) in [6.45, 7) is 7.34. The van der Waals surface area contributed by atoms with E-state index in [9.17, 15) is 4.39 Å². The monoisotopic (exact) mass is 295 g/mol. The second kappa shape index (κ2) is 6.37. The highest BCUT2D eigenvalue weighted by atomic mass is 35.5. The quantitative estimate of drug-likeness (QED) is 0.914. The number of hydrogen-bond donors (Lipinski definition) is 1. The van der Waals surface area contributed by atoms with Gasteiger partial charge >= 0.3 is 0 Å². The van der Waals surface area contributed by atoms with Crippen LogP contribution >= 0.6 is 11.6 Å². The zero-order chi connectivity index (χ0) is 14.7. The molecule has 0 amide bonds. The first-order valence-corrected chi connectivity index (χ1v) is 7.03. The molecule has 5 heteroatoms. The number of nitrogens with zero attached hydrogens (tertiary/aromatic N) is 2. The topological polar surface area (TPSA) is 29.9 Å². The van der Waals surface area contributed by atoms with Gasteiger partial charge in [-0.05, 0) is 19.1 Å². The van der Waals surface area contributed by atoms with Gasteiger partial charge in [0.25, 0.3) is 0 Å². The van der Waals surface area contributed by atoms with Gasteiger partial charge in [0.05, 0.1) is 12.2 Å². The summed E-state index contributed by atoms with van der Waals surface area (Å²) in [6.07, 6.45) is 1.96. The summed E-state index contributed by atoms with van der Waals surface area (Å²) >= 11 is 5.75. The SMILES string of the molecule is Cc1nn(Cc2ccc(Cl)cc2F)cc1CNC(C)C. The van der Waals surface area contributed by atoms with E-state index >= 15 is 0 Å². The van der Waals surface area contributed by atoms with Crippen molar-refractivity contribution in [2.45, 2.75) is 39.9 Å². The highest BCUT2D eigenvalue weighted by Crippen LogP contribution is 2.16. The lowest BCUT2D eigenvalue weighted by atomic mass is 10.2. The van der Waals surface area contributed by atoms with E-state index in [4.69, 9.17) is 11.6 Å². The van der Waals surface area contributed by atoms with Crippen LogP contribution in [0.4, 0.5) is 4.39 Å². The van der Waals surface area contributed by atoms with Gasteiger partial charge in [0.15, 0.2) is 0 Å². The Balaban J connectivity index is 2.12. The average Bonchev–Trinajstić information content (AvgIpc) is 2.71. The van der Waals surface area contributed by atoms with Gasteiger partial charge in [-0.1, -0.05) is 31.5 Å². The van der Waals surface area contributed by atoms with E-state index in [-0.39, 0.29) is 5.82 Å². The smallest absolute Gasteiger partial charge is 0.129 e. The molecule has 108 valence electrons. The molecule has 2 rings (SSSR count). The van der Waals surface area contributed by atoms with Crippen LogP contribution in [0.2, 0.25) is 5.02 Å². The van der Waals surface area contributed by atoms with Crippen molar-refractivity contribution in [2.24, 2.45) is 0 Å². The van der Waals surface area contributed by atoms with Crippen LogP contribution < -0.4 is 5.32 Å². The summed E-state index contributed by atoms with van der Waals surface area (Å²) in [7, 11) is 0. The van der Waals surface area contributed by atoms with E-state index in [2.05, 4.69) is 24.3 Å². The van der Waals surface area contributed by atoms with Gasteiger partial charge in [0.2, 0.25) is 0 Å². The summed E-state index contributed by atoms with van der Waals surface area (Å²) in [6, 6.07) is 5.14. The standard InChI is InChI=1S/C15H19ClFN3/c1-10(2)18-7-13-9-20(19-11(13)3)8-12-4-5-14(16)6-15(12)17/h4-6,9-10,18H,7-8H2,1-3H3. The molecule has 0 spiro atoms. The number of aryl methyl sites for hydroxylation is 1. The maximum absolute atomic E-state index is 13.8. The van der Waals surface area contributed by atoms with Crippen molar-refractivity contribution in [3.05, 3.63) is 52.1 Å². The first-order chi connectivity index (χ1) is 9.45. The van der Waals surface area contributed by atoms with Gasteiger partial charge in [-0.2, -0.15) is 5.10 Å².